The molecule has 0 saturated heterocycles. The number of fused-ring (bicyclic) bond motifs is 1. The normalized spacial score (nSPS) is 34.6. The fraction of sp³-hybridized carbons (Fsp3) is 0.720. The molecule has 2 N–H and O–H groups in total. The molecule has 5 atom stereocenters. The van der Waals surface area contributed by atoms with Crippen LogP contribution in [0.25, 0.3) is 0 Å². The highest BCUT2D eigenvalue weighted by molar-refractivity contribution is 5.91. The van der Waals surface area contributed by atoms with E-state index in [-0.39, 0.29) is 11.5 Å². The number of methoxy groups -OCH3 is 3. The van der Waals surface area contributed by atoms with Gasteiger partial charge in [-0.1, -0.05) is 20.8 Å². The Labute approximate surface area is 191 Å². The average molecular weight is 451 g/mol. The molecule has 0 aromatic heterocycles. The zero-order valence-electron chi connectivity index (χ0n) is 20.4. The van der Waals surface area contributed by atoms with E-state index in [2.05, 4.69) is 20.8 Å². The predicted molar refractivity (Wildman–Crippen MR) is 120 cm³/mol. The van der Waals surface area contributed by atoms with Crippen LogP contribution in [0.5, 0.6) is 17.2 Å². The highest BCUT2D eigenvalue weighted by Crippen LogP contribution is 2.59. The lowest BCUT2D eigenvalue weighted by atomic mass is 9.67. The largest absolute Gasteiger partial charge is 0.493 e. The Morgan fingerprint density at radius 2 is 1.59 bits per heavy atom. The molecule has 0 spiro atoms. The van der Waals surface area contributed by atoms with Crippen LogP contribution < -0.4 is 14.2 Å². The van der Waals surface area contributed by atoms with Crippen LogP contribution in [0.4, 0.5) is 0 Å². The second kappa shape index (κ2) is 8.75. The van der Waals surface area contributed by atoms with E-state index in [0.717, 1.165) is 12.8 Å². The number of benzene rings is 1. The molecule has 2 aliphatic carbocycles. The van der Waals surface area contributed by atoms with E-state index < -0.39 is 28.7 Å². The molecule has 180 valence electrons. The van der Waals surface area contributed by atoms with Gasteiger partial charge in [0.2, 0.25) is 5.75 Å². The minimum absolute atomic E-state index is 0.160. The maximum absolute atomic E-state index is 13.1. The van der Waals surface area contributed by atoms with E-state index in [1.165, 1.54) is 33.5 Å². The van der Waals surface area contributed by atoms with Gasteiger partial charge in [0.25, 0.3) is 0 Å². The van der Waals surface area contributed by atoms with Crippen molar-refractivity contribution in [2.75, 3.05) is 21.3 Å². The maximum Gasteiger partial charge on any atom is 0.338 e. The molecule has 0 bridgehead atoms. The molecule has 0 aliphatic heterocycles. The zero-order chi connectivity index (χ0) is 23.9. The van der Waals surface area contributed by atoms with Crippen molar-refractivity contribution >= 4 is 5.97 Å². The summed E-state index contributed by atoms with van der Waals surface area (Å²) in [5.74, 6) is 1.00. The summed E-state index contributed by atoms with van der Waals surface area (Å²) in [5, 5.41) is 23.0. The fourth-order valence-electron chi connectivity index (χ4n) is 5.83. The Morgan fingerprint density at radius 3 is 2.09 bits per heavy atom. The Hall–Kier alpha value is -1.99. The lowest BCUT2D eigenvalue weighted by Crippen LogP contribution is -2.48. The molecule has 2 aliphatic rings. The standard InChI is InChI=1S/C25H38O7/c1-15(2)17-8-9-23(3)14-20(24(4,27)10-11-25(17,23)28)32-22(26)16-12-18(29-5)21(31-7)19(13-16)30-6/h12-13,15,17,20,27-28H,8-11,14H2,1-7H3/t17-,20+,23-,24+,25+/m1/s1. The number of rotatable bonds is 6. The van der Waals surface area contributed by atoms with Crippen molar-refractivity contribution in [1.82, 2.24) is 0 Å². The first-order chi connectivity index (χ1) is 14.9. The van der Waals surface area contributed by atoms with Crippen LogP contribution in [0.1, 0.15) is 70.2 Å². The van der Waals surface area contributed by atoms with Crippen LogP contribution in [0.2, 0.25) is 0 Å². The third-order valence-corrected chi connectivity index (χ3v) is 7.96. The van der Waals surface area contributed by atoms with Crippen molar-refractivity contribution in [2.24, 2.45) is 17.3 Å². The summed E-state index contributed by atoms with van der Waals surface area (Å²) in [6, 6.07) is 3.08. The van der Waals surface area contributed by atoms with Crippen LogP contribution in [0.3, 0.4) is 0 Å². The first kappa shape index (κ1) is 24.6. The first-order valence-electron chi connectivity index (χ1n) is 11.4. The molecule has 2 saturated carbocycles. The summed E-state index contributed by atoms with van der Waals surface area (Å²) in [7, 11) is 4.46. The van der Waals surface area contributed by atoms with E-state index in [9.17, 15) is 15.0 Å². The number of hydrogen-bond acceptors (Lipinski definition) is 7. The van der Waals surface area contributed by atoms with Gasteiger partial charge in [0.1, 0.15) is 6.10 Å². The monoisotopic (exact) mass is 450 g/mol. The SMILES string of the molecule is COc1cc(C(=O)O[C@H]2C[C@@]3(C)CC[C@H](C(C)C)[C@@]3(O)CC[C@]2(C)O)cc(OC)c1OC. The van der Waals surface area contributed by atoms with Gasteiger partial charge in [-0.15, -0.1) is 0 Å². The summed E-state index contributed by atoms with van der Waals surface area (Å²) >= 11 is 0. The van der Waals surface area contributed by atoms with E-state index in [0.29, 0.717) is 42.4 Å². The topological polar surface area (TPSA) is 94.5 Å². The van der Waals surface area contributed by atoms with Crippen molar-refractivity contribution in [1.29, 1.82) is 0 Å². The van der Waals surface area contributed by atoms with Gasteiger partial charge < -0.3 is 29.2 Å². The zero-order valence-corrected chi connectivity index (χ0v) is 20.4. The number of aliphatic hydroxyl groups is 2. The van der Waals surface area contributed by atoms with Crippen LogP contribution in [-0.2, 0) is 4.74 Å². The van der Waals surface area contributed by atoms with Gasteiger partial charge in [0, 0.05) is 5.41 Å². The van der Waals surface area contributed by atoms with Crippen molar-refractivity contribution < 1.29 is 34.0 Å². The van der Waals surface area contributed by atoms with Gasteiger partial charge in [0.15, 0.2) is 11.5 Å². The van der Waals surface area contributed by atoms with Crippen LogP contribution >= 0.6 is 0 Å². The third kappa shape index (κ3) is 4.05. The van der Waals surface area contributed by atoms with Crippen LogP contribution in [-0.4, -0.2) is 54.8 Å². The Morgan fingerprint density at radius 1 is 1.00 bits per heavy atom. The van der Waals surface area contributed by atoms with Gasteiger partial charge in [0.05, 0.1) is 38.1 Å². The Bertz CT molecular complexity index is 824. The summed E-state index contributed by atoms with van der Waals surface area (Å²) in [6.45, 7) is 8.04. The summed E-state index contributed by atoms with van der Waals surface area (Å²) in [6.07, 6.45) is 2.25. The van der Waals surface area contributed by atoms with Gasteiger partial charge in [-0.3, -0.25) is 0 Å². The smallest absolute Gasteiger partial charge is 0.338 e. The highest BCUT2D eigenvalue weighted by atomic mass is 16.6. The molecule has 2 fully saturated rings. The summed E-state index contributed by atoms with van der Waals surface area (Å²) in [4.78, 5) is 13.1. The van der Waals surface area contributed by atoms with Crippen molar-refractivity contribution in [3.8, 4) is 17.2 Å². The number of ether oxygens (including phenoxy) is 4. The third-order valence-electron chi connectivity index (χ3n) is 7.96. The molecule has 1 aromatic rings. The number of carbonyl (C=O) groups excluding carboxylic acids is 1. The summed E-state index contributed by atoms with van der Waals surface area (Å²) < 4.78 is 21.9. The van der Waals surface area contributed by atoms with Crippen LogP contribution in [0, 0.1) is 17.3 Å². The lowest BCUT2D eigenvalue weighted by Gasteiger charge is -2.43. The van der Waals surface area contributed by atoms with Gasteiger partial charge in [-0.2, -0.15) is 0 Å². The molecule has 1 aromatic carbocycles. The van der Waals surface area contributed by atoms with Gasteiger partial charge in [-0.25, -0.2) is 4.79 Å². The Kier molecular flexibility index (Phi) is 6.74. The Balaban J connectivity index is 1.91. The van der Waals surface area contributed by atoms with Crippen molar-refractivity contribution in [3.05, 3.63) is 17.7 Å². The maximum atomic E-state index is 13.1. The minimum Gasteiger partial charge on any atom is -0.493 e. The molecule has 32 heavy (non-hydrogen) atoms. The molecule has 3 rings (SSSR count). The molecular formula is C25H38O7. The minimum atomic E-state index is -1.25. The van der Waals surface area contributed by atoms with E-state index in [1.54, 1.807) is 6.92 Å². The highest BCUT2D eigenvalue weighted by Gasteiger charge is 2.61. The number of hydrogen-bond donors (Lipinski definition) is 2. The molecule has 0 unspecified atom stereocenters. The van der Waals surface area contributed by atoms with Gasteiger partial charge in [-0.05, 0) is 63.0 Å². The summed E-state index contributed by atoms with van der Waals surface area (Å²) in [5.41, 5.74) is -2.34. The van der Waals surface area contributed by atoms with E-state index >= 15 is 0 Å². The number of carbonyl (C=O) groups is 1. The second-order valence-corrected chi connectivity index (χ2v) is 10.2. The first-order valence-corrected chi connectivity index (χ1v) is 11.4. The van der Waals surface area contributed by atoms with E-state index in [1.807, 2.05) is 0 Å². The quantitative estimate of drug-likeness (QED) is 0.633. The second-order valence-electron chi connectivity index (χ2n) is 10.2. The molecular weight excluding hydrogens is 412 g/mol. The van der Waals surface area contributed by atoms with Gasteiger partial charge >= 0.3 is 5.97 Å². The molecule has 0 amide bonds. The average Bonchev–Trinajstić information content (AvgIpc) is 2.97. The predicted octanol–water partition coefficient (Wildman–Crippen LogP) is 3.98. The molecule has 7 nitrogen and oxygen atoms in total. The lowest BCUT2D eigenvalue weighted by molar-refractivity contribution is -0.109. The van der Waals surface area contributed by atoms with E-state index in [4.69, 9.17) is 18.9 Å². The molecule has 0 heterocycles. The molecule has 0 radical (unpaired) electrons. The van der Waals surface area contributed by atoms with Crippen molar-refractivity contribution in [3.63, 3.8) is 0 Å². The fourth-order valence-corrected chi connectivity index (χ4v) is 5.83. The van der Waals surface area contributed by atoms with Crippen LogP contribution in [0.15, 0.2) is 12.1 Å². The number of esters is 1. The molecule has 7 heteroatoms. The van der Waals surface area contributed by atoms with Crippen molar-refractivity contribution in [2.45, 2.75) is 77.1 Å².